The van der Waals surface area contributed by atoms with Crippen molar-refractivity contribution in [2.75, 3.05) is 19.8 Å². The summed E-state index contributed by atoms with van der Waals surface area (Å²) >= 11 is 0. The van der Waals surface area contributed by atoms with Crippen LogP contribution in [-0.2, 0) is 4.74 Å². The van der Waals surface area contributed by atoms with Gasteiger partial charge in [-0.15, -0.1) is 0 Å². The maximum Gasteiger partial charge on any atom is 0.0548 e. The van der Waals surface area contributed by atoms with Crippen LogP contribution in [-0.4, -0.2) is 24.9 Å². The van der Waals surface area contributed by atoms with Gasteiger partial charge < -0.3 is 9.84 Å². The highest BCUT2D eigenvalue weighted by Crippen LogP contribution is 2.40. The highest BCUT2D eigenvalue weighted by Gasteiger charge is 2.42. The molecule has 0 amide bonds. The van der Waals surface area contributed by atoms with E-state index >= 15 is 0 Å². The molecule has 0 aromatic heterocycles. The van der Waals surface area contributed by atoms with E-state index in [1.807, 2.05) is 0 Å². The van der Waals surface area contributed by atoms with E-state index in [1.54, 1.807) is 0 Å². The van der Waals surface area contributed by atoms with Crippen molar-refractivity contribution in [1.82, 2.24) is 0 Å². The highest BCUT2D eigenvalue weighted by atomic mass is 16.5. The standard InChI is InChI=1S/C9H18O2/c1-3-8(5-10)9(4-2)6-11-7-9/h8,10H,3-7H2,1-2H3. The largest absolute Gasteiger partial charge is 0.396 e. The third-order valence-corrected chi connectivity index (χ3v) is 3.06. The summed E-state index contributed by atoms with van der Waals surface area (Å²) < 4.78 is 5.20. The normalized spacial score (nSPS) is 24.3. The summed E-state index contributed by atoms with van der Waals surface area (Å²) in [5, 5.41) is 9.10. The van der Waals surface area contributed by atoms with Crippen molar-refractivity contribution in [3.8, 4) is 0 Å². The molecule has 0 saturated carbocycles. The molecular weight excluding hydrogens is 140 g/mol. The molecular formula is C9H18O2. The van der Waals surface area contributed by atoms with Gasteiger partial charge in [-0.25, -0.2) is 0 Å². The van der Waals surface area contributed by atoms with Crippen molar-refractivity contribution < 1.29 is 9.84 Å². The SMILES string of the molecule is CCC(CO)C1(CC)COC1. The van der Waals surface area contributed by atoms with Gasteiger partial charge in [-0.3, -0.25) is 0 Å². The molecule has 1 unspecified atom stereocenters. The lowest BCUT2D eigenvalue weighted by atomic mass is 9.71. The Morgan fingerprint density at radius 2 is 2.09 bits per heavy atom. The summed E-state index contributed by atoms with van der Waals surface area (Å²) in [6.45, 7) is 6.33. The third-order valence-electron chi connectivity index (χ3n) is 3.06. The zero-order valence-corrected chi connectivity index (χ0v) is 7.47. The molecule has 1 saturated heterocycles. The van der Waals surface area contributed by atoms with E-state index in [2.05, 4.69) is 13.8 Å². The molecule has 1 aliphatic rings. The van der Waals surface area contributed by atoms with E-state index < -0.39 is 0 Å². The first-order valence-corrected chi connectivity index (χ1v) is 4.47. The zero-order valence-electron chi connectivity index (χ0n) is 7.47. The molecule has 0 aromatic carbocycles. The molecule has 2 heteroatoms. The molecule has 66 valence electrons. The van der Waals surface area contributed by atoms with E-state index in [-0.39, 0.29) is 0 Å². The number of aliphatic hydroxyl groups is 1. The molecule has 0 bridgehead atoms. The Balaban J connectivity index is 2.51. The molecule has 2 nitrogen and oxygen atoms in total. The number of hydrogen-bond acceptors (Lipinski definition) is 2. The van der Waals surface area contributed by atoms with Crippen LogP contribution in [0.3, 0.4) is 0 Å². The summed E-state index contributed by atoms with van der Waals surface area (Å²) in [5.41, 5.74) is 0.309. The molecule has 1 aliphatic heterocycles. The summed E-state index contributed by atoms with van der Waals surface area (Å²) in [4.78, 5) is 0. The number of ether oxygens (including phenoxy) is 1. The van der Waals surface area contributed by atoms with Gasteiger partial charge in [-0.2, -0.15) is 0 Å². The molecule has 1 rings (SSSR count). The van der Waals surface area contributed by atoms with Crippen LogP contribution in [0.5, 0.6) is 0 Å². The fourth-order valence-electron chi connectivity index (χ4n) is 1.85. The Kier molecular flexibility index (Phi) is 2.90. The minimum atomic E-state index is 0.309. The first-order valence-electron chi connectivity index (χ1n) is 4.47. The number of aliphatic hydroxyl groups excluding tert-OH is 1. The van der Waals surface area contributed by atoms with Crippen LogP contribution in [0.2, 0.25) is 0 Å². The predicted molar refractivity (Wildman–Crippen MR) is 44.4 cm³/mol. The molecule has 0 radical (unpaired) electrons. The fourth-order valence-corrected chi connectivity index (χ4v) is 1.85. The van der Waals surface area contributed by atoms with Crippen molar-refractivity contribution in [1.29, 1.82) is 0 Å². The number of hydrogen-bond donors (Lipinski definition) is 1. The van der Waals surface area contributed by atoms with Gasteiger partial charge in [0.1, 0.15) is 0 Å². The maximum absolute atomic E-state index is 9.10. The Hall–Kier alpha value is -0.0800. The molecule has 0 aliphatic carbocycles. The minimum Gasteiger partial charge on any atom is -0.396 e. The van der Waals surface area contributed by atoms with Crippen molar-refractivity contribution in [2.45, 2.75) is 26.7 Å². The Morgan fingerprint density at radius 1 is 1.45 bits per heavy atom. The van der Waals surface area contributed by atoms with Crippen molar-refractivity contribution >= 4 is 0 Å². The molecule has 1 N–H and O–H groups in total. The topological polar surface area (TPSA) is 29.5 Å². The molecule has 0 aromatic rings. The lowest BCUT2D eigenvalue weighted by molar-refractivity contribution is -0.156. The van der Waals surface area contributed by atoms with E-state index in [0.717, 1.165) is 26.1 Å². The summed E-state index contributed by atoms with van der Waals surface area (Å²) in [6, 6.07) is 0. The van der Waals surface area contributed by atoms with Gasteiger partial charge in [0.05, 0.1) is 13.2 Å². The van der Waals surface area contributed by atoms with Crippen molar-refractivity contribution in [2.24, 2.45) is 11.3 Å². The van der Waals surface area contributed by atoms with Crippen molar-refractivity contribution in [3.05, 3.63) is 0 Å². The second kappa shape index (κ2) is 3.55. The lowest BCUT2D eigenvalue weighted by Crippen LogP contribution is -2.49. The lowest BCUT2D eigenvalue weighted by Gasteiger charge is -2.46. The first-order chi connectivity index (χ1) is 5.29. The van der Waals surface area contributed by atoms with Gasteiger partial charge >= 0.3 is 0 Å². The van der Waals surface area contributed by atoms with Crippen LogP contribution >= 0.6 is 0 Å². The molecule has 11 heavy (non-hydrogen) atoms. The van der Waals surface area contributed by atoms with Gasteiger partial charge in [-0.1, -0.05) is 20.3 Å². The first kappa shape index (κ1) is 9.01. The third kappa shape index (κ3) is 1.42. The van der Waals surface area contributed by atoms with E-state index in [9.17, 15) is 0 Å². The van der Waals surface area contributed by atoms with Crippen LogP contribution in [0.25, 0.3) is 0 Å². The summed E-state index contributed by atoms with van der Waals surface area (Å²) in [7, 11) is 0. The predicted octanol–water partition coefficient (Wildman–Crippen LogP) is 1.43. The quantitative estimate of drug-likeness (QED) is 0.670. The maximum atomic E-state index is 9.10. The summed E-state index contributed by atoms with van der Waals surface area (Å²) in [5.74, 6) is 0.446. The molecule has 1 atom stereocenters. The molecule has 1 heterocycles. The van der Waals surface area contributed by atoms with Crippen LogP contribution in [0.4, 0.5) is 0 Å². The number of rotatable bonds is 4. The smallest absolute Gasteiger partial charge is 0.0548 e. The van der Waals surface area contributed by atoms with Gasteiger partial charge in [0.25, 0.3) is 0 Å². The minimum absolute atomic E-state index is 0.309. The van der Waals surface area contributed by atoms with Crippen LogP contribution < -0.4 is 0 Å². The van der Waals surface area contributed by atoms with E-state index in [0.29, 0.717) is 17.9 Å². The summed E-state index contributed by atoms with van der Waals surface area (Å²) in [6.07, 6.45) is 2.19. The molecule has 0 spiro atoms. The second-order valence-corrected chi connectivity index (χ2v) is 3.50. The van der Waals surface area contributed by atoms with Crippen LogP contribution in [0.15, 0.2) is 0 Å². The fraction of sp³-hybridized carbons (Fsp3) is 1.00. The van der Waals surface area contributed by atoms with Crippen LogP contribution in [0, 0.1) is 11.3 Å². The van der Waals surface area contributed by atoms with Gasteiger partial charge in [0.15, 0.2) is 0 Å². The van der Waals surface area contributed by atoms with Gasteiger partial charge in [-0.05, 0) is 12.3 Å². The average Bonchev–Trinajstić information content (AvgIpc) is 1.96. The monoisotopic (exact) mass is 158 g/mol. The van der Waals surface area contributed by atoms with E-state index in [4.69, 9.17) is 9.84 Å². The van der Waals surface area contributed by atoms with Crippen LogP contribution in [0.1, 0.15) is 26.7 Å². The van der Waals surface area contributed by atoms with Gasteiger partial charge in [0.2, 0.25) is 0 Å². The van der Waals surface area contributed by atoms with E-state index in [1.165, 1.54) is 0 Å². The zero-order chi connectivity index (χ0) is 8.32. The molecule has 1 fully saturated rings. The Bertz CT molecular complexity index is 109. The second-order valence-electron chi connectivity index (χ2n) is 3.50. The highest BCUT2D eigenvalue weighted by molar-refractivity contribution is 4.89. The van der Waals surface area contributed by atoms with Gasteiger partial charge in [0, 0.05) is 12.0 Å². The average molecular weight is 158 g/mol. The van der Waals surface area contributed by atoms with Crippen molar-refractivity contribution in [3.63, 3.8) is 0 Å². The Labute approximate surface area is 68.6 Å². The Morgan fingerprint density at radius 3 is 2.18 bits per heavy atom.